The molecule has 2 aromatic rings. The molecule has 152 valence electrons. The van der Waals surface area contributed by atoms with Gasteiger partial charge in [-0.25, -0.2) is 13.4 Å². The molecular formula is C18H26N6O3S. The van der Waals surface area contributed by atoms with E-state index in [0.29, 0.717) is 49.6 Å². The molecule has 0 amide bonds. The first-order valence-electron chi connectivity index (χ1n) is 9.22. The van der Waals surface area contributed by atoms with Gasteiger partial charge in [0.25, 0.3) is 0 Å². The molecule has 0 spiro atoms. The quantitative estimate of drug-likeness (QED) is 0.677. The molecule has 0 radical (unpaired) electrons. The second kappa shape index (κ2) is 7.88. The van der Waals surface area contributed by atoms with Crippen LogP contribution in [0.2, 0.25) is 0 Å². The first-order valence-corrected chi connectivity index (χ1v) is 11.1. The summed E-state index contributed by atoms with van der Waals surface area (Å²) in [4.78, 5) is 15.3. The number of hydrogen-bond donors (Lipinski definition) is 3. The minimum absolute atomic E-state index is 0.191. The summed E-state index contributed by atoms with van der Waals surface area (Å²) >= 11 is 0. The molecule has 0 bridgehead atoms. The van der Waals surface area contributed by atoms with Crippen LogP contribution in [0.3, 0.4) is 0 Å². The van der Waals surface area contributed by atoms with Crippen molar-refractivity contribution >= 4 is 27.5 Å². The standard InChI is InChI=1S/C18H26N6O3S/c1-4-14-16(12-9-15(11(2)20-10-12)23-28(3,26)27)17(22-18(19)21-14)24-7-5-13(25)6-8-24/h9-10,13,23,25H,4-8H2,1-3H3,(H2,19,21,22). The van der Waals surface area contributed by atoms with E-state index in [0.717, 1.165) is 23.1 Å². The SMILES string of the molecule is CCc1nc(N)nc(N2CCC(O)CC2)c1-c1cnc(C)c(NS(C)(=O)=O)c1. The molecule has 0 saturated carbocycles. The number of nitrogens with one attached hydrogen (secondary N) is 1. The van der Waals surface area contributed by atoms with Gasteiger partial charge in [-0.3, -0.25) is 9.71 Å². The van der Waals surface area contributed by atoms with Gasteiger partial charge >= 0.3 is 0 Å². The lowest BCUT2D eigenvalue weighted by molar-refractivity contribution is 0.145. The highest BCUT2D eigenvalue weighted by molar-refractivity contribution is 7.92. The van der Waals surface area contributed by atoms with Crippen molar-refractivity contribution < 1.29 is 13.5 Å². The zero-order chi connectivity index (χ0) is 20.5. The first kappa shape index (κ1) is 20.3. The average molecular weight is 407 g/mol. The van der Waals surface area contributed by atoms with Crippen molar-refractivity contribution in [2.75, 3.05) is 34.7 Å². The molecule has 3 heterocycles. The van der Waals surface area contributed by atoms with Crippen molar-refractivity contribution in [2.45, 2.75) is 39.2 Å². The molecular weight excluding hydrogens is 380 g/mol. The van der Waals surface area contributed by atoms with Gasteiger partial charge in [-0.1, -0.05) is 6.92 Å². The number of sulfonamides is 1. The maximum atomic E-state index is 11.7. The summed E-state index contributed by atoms with van der Waals surface area (Å²) in [6.07, 6.45) is 4.42. The molecule has 0 atom stereocenters. The van der Waals surface area contributed by atoms with Crippen LogP contribution < -0.4 is 15.4 Å². The van der Waals surface area contributed by atoms with E-state index in [2.05, 4.69) is 24.6 Å². The summed E-state index contributed by atoms with van der Waals surface area (Å²) in [6, 6.07) is 1.75. The Labute approximate surface area is 165 Å². The maximum absolute atomic E-state index is 11.7. The van der Waals surface area contributed by atoms with Gasteiger partial charge < -0.3 is 15.7 Å². The average Bonchev–Trinajstić information content (AvgIpc) is 2.62. The second-order valence-corrected chi connectivity index (χ2v) is 8.78. The maximum Gasteiger partial charge on any atom is 0.229 e. The molecule has 1 fully saturated rings. The molecule has 2 aromatic heterocycles. The lowest BCUT2D eigenvalue weighted by Crippen LogP contribution is -2.37. The predicted octanol–water partition coefficient (Wildman–Crippen LogP) is 1.32. The molecule has 0 aromatic carbocycles. The predicted molar refractivity (Wildman–Crippen MR) is 110 cm³/mol. The van der Waals surface area contributed by atoms with E-state index >= 15 is 0 Å². The third-order valence-electron chi connectivity index (χ3n) is 4.75. The zero-order valence-corrected chi connectivity index (χ0v) is 17.1. The number of nitrogens with zero attached hydrogens (tertiary/aromatic N) is 4. The number of pyridine rings is 1. The fourth-order valence-electron chi connectivity index (χ4n) is 3.34. The van der Waals surface area contributed by atoms with Crippen molar-refractivity contribution in [3.8, 4) is 11.1 Å². The van der Waals surface area contributed by atoms with Crippen LogP contribution in [0.25, 0.3) is 11.1 Å². The van der Waals surface area contributed by atoms with Gasteiger partial charge in [-0.05, 0) is 32.3 Å². The van der Waals surface area contributed by atoms with Crippen LogP contribution in [0.5, 0.6) is 0 Å². The van der Waals surface area contributed by atoms with E-state index in [-0.39, 0.29) is 12.1 Å². The number of nitrogens with two attached hydrogens (primary N) is 1. The third-order valence-corrected chi connectivity index (χ3v) is 5.34. The van der Waals surface area contributed by atoms with E-state index in [1.165, 1.54) is 0 Å². The van der Waals surface area contributed by atoms with Crippen LogP contribution in [0.4, 0.5) is 17.5 Å². The zero-order valence-electron chi connectivity index (χ0n) is 16.3. The molecule has 9 nitrogen and oxygen atoms in total. The molecule has 10 heteroatoms. The van der Waals surface area contributed by atoms with E-state index in [1.807, 2.05) is 6.92 Å². The lowest BCUT2D eigenvalue weighted by Gasteiger charge is -2.32. The van der Waals surface area contributed by atoms with Crippen LogP contribution in [0, 0.1) is 6.92 Å². The lowest BCUT2D eigenvalue weighted by atomic mass is 10.0. The number of piperidine rings is 1. The van der Waals surface area contributed by atoms with Crippen molar-refractivity contribution in [2.24, 2.45) is 0 Å². The highest BCUT2D eigenvalue weighted by Crippen LogP contribution is 2.35. The Balaban J connectivity index is 2.14. The number of nitrogen functional groups attached to an aromatic ring is 1. The Kier molecular flexibility index (Phi) is 5.71. The van der Waals surface area contributed by atoms with Gasteiger partial charge in [-0.2, -0.15) is 4.98 Å². The molecule has 1 saturated heterocycles. The Morgan fingerprint density at radius 3 is 2.61 bits per heavy atom. The molecule has 28 heavy (non-hydrogen) atoms. The molecule has 1 aliphatic rings. The van der Waals surface area contributed by atoms with Gasteiger partial charge in [0.1, 0.15) is 5.82 Å². The topological polar surface area (TPSA) is 134 Å². The van der Waals surface area contributed by atoms with E-state index in [1.54, 1.807) is 19.2 Å². The molecule has 0 unspecified atom stereocenters. The molecule has 0 aliphatic carbocycles. The molecule has 1 aliphatic heterocycles. The van der Waals surface area contributed by atoms with Crippen molar-refractivity contribution in [1.29, 1.82) is 0 Å². The van der Waals surface area contributed by atoms with Crippen LogP contribution in [-0.2, 0) is 16.4 Å². The summed E-state index contributed by atoms with van der Waals surface area (Å²) in [7, 11) is -3.44. The second-order valence-electron chi connectivity index (χ2n) is 7.03. The number of aryl methyl sites for hydroxylation is 2. The normalized spacial score (nSPS) is 15.6. The third kappa shape index (κ3) is 4.50. The summed E-state index contributed by atoms with van der Waals surface area (Å²) in [5.41, 5.74) is 9.21. The fourth-order valence-corrected chi connectivity index (χ4v) is 3.95. The summed E-state index contributed by atoms with van der Waals surface area (Å²) < 4.78 is 25.9. The van der Waals surface area contributed by atoms with Crippen LogP contribution >= 0.6 is 0 Å². The minimum atomic E-state index is -3.44. The van der Waals surface area contributed by atoms with Gasteiger partial charge in [0.05, 0.1) is 29.4 Å². The Hall–Kier alpha value is -2.46. The van der Waals surface area contributed by atoms with Crippen LogP contribution in [0.1, 0.15) is 31.2 Å². The fraction of sp³-hybridized carbons (Fsp3) is 0.500. The highest BCUT2D eigenvalue weighted by atomic mass is 32.2. The Morgan fingerprint density at radius 1 is 1.32 bits per heavy atom. The molecule has 4 N–H and O–H groups in total. The number of rotatable bonds is 5. The summed E-state index contributed by atoms with van der Waals surface area (Å²) in [5, 5.41) is 9.83. The smallest absolute Gasteiger partial charge is 0.229 e. The molecule has 3 rings (SSSR count). The van der Waals surface area contributed by atoms with Gasteiger partial charge in [0.2, 0.25) is 16.0 Å². The van der Waals surface area contributed by atoms with Gasteiger partial charge in [0, 0.05) is 30.4 Å². The Morgan fingerprint density at radius 2 is 2.00 bits per heavy atom. The summed E-state index contributed by atoms with van der Waals surface area (Å²) in [6.45, 7) is 5.03. The van der Waals surface area contributed by atoms with Crippen molar-refractivity contribution in [3.05, 3.63) is 23.7 Å². The van der Waals surface area contributed by atoms with Crippen molar-refractivity contribution in [3.63, 3.8) is 0 Å². The summed E-state index contributed by atoms with van der Waals surface area (Å²) in [5.74, 6) is 0.878. The van der Waals surface area contributed by atoms with E-state index in [9.17, 15) is 13.5 Å². The van der Waals surface area contributed by atoms with Crippen LogP contribution in [-0.4, -0.2) is 53.9 Å². The van der Waals surface area contributed by atoms with Gasteiger partial charge in [0.15, 0.2) is 0 Å². The Bertz CT molecular complexity index is 972. The van der Waals surface area contributed by atoms with E-state index < -0.39 is 10.0 Å². The van der Waals surface area contributed by atoms with Gasteiger partial charge in [-0.15, -0.1) is 0 Å². The van der Waals surface area contributed by atoms with E-state index in [4.69, 9.17) is 5.73 Å². The minimum Gasteiger partial charge on any atom is -0.393 e. The number of aliphatic hydroxyl groups excluding tert-OH is 1. The van der Waals surface area contributed by atoms with Crippen molar-refractivity contribution in [1.82, 2.24) is 15.0 Å². The highest BCUT2D eigenvalue weighted by Gasteiger charge is 2.24. The monoisotopic (exact) mass is 406 g/mol. The van der Waals surface area contributed by atoms with Crippen LogP contribution in [0.15, 0.2) is 12.3 Å². The number of aliphatic hydroxyl groups is 1. The number of hydrogen-bond acceptors (Lipinski definition) is 8. The largest absolute Gasteiger partial charge is 0.393 e. The first-order chi connectivity index (χ1) is 13.2. The number of anilines is 3. The number of aromatic nitrogens is 3.